The van der Waals surface area contributed by atoms with E-state index in [1.54, 1.807) is 0 Å². The molecule has 1 unspecified atom stereocenters. The second-order valence-corrected chi connectivity index (χ2v) is 6.59. The molecule has 138 valence electrons. The van der Waals surface area contributed by atoms with Crippen LogP contribution in [0.2, 0.25) is 0 Å². The lowest BCUT2D eigenvalue weighted by atomic mass is 9.78. The number of H-pyrrole nitrogens is 1. The van der Waals surface area contributed by atoms with Crippen LogP contribution in [0, 0.1) is 0 Å². The van der Waals surface area contributed by atoms with Gasteiger partial charge in [0.05, 0.1) is 0 Å². The molecule has 1 atom stereocenters. The van der Waals surface area contributed by atoms with Crippen LogP contribution in [0.25, 0.3) is 0 Å². The number of carbonyl (C=O) groups is 2. The zero-order valence-corrected chi connectivity index (χ0v) is 15.0. The van der Waals surface area contributed by atoms with Gasteiger partial charge in [0.1, 0.15) is 5.75 Å². The van der Waals surface area contributed by atoms with Crippen LogP contribution in [0.1, 0.15) is 44.7 Å². The highest BCUT2D eigenvalue weighted by molar-refractivity contribution is 5.93. The molecule has 0 bridgehead atoms. The van der Waals surface area contributed by atoms with E-state index < -0.39 is 6.10 Å². The molecule has 1 heterocycles. The Morgan fingerprint density at radius 1 is 1.31 bits per heavy atom. The fourth-order valence-corrected chi connectivity index (χ4v) is 3.08. The quantitative estimate of drug-likeness (QED) is 0.710. The van der Waals surface area contributed by atoms with Gasteiger partial charge in [-0.3, -0.25) is 14.7 Å². The lowest BCUT2D eigenvalue weighted by Gasteiger charge is -2.34. The van der Waals surface area contributed by atoms with Crippen LogP contribution in [-0.4, -0.2) is 34.2 Å². The molecule has 0 spiro atoms. The fraction of sp³-hybridized carbons (Fsp3) is 0.421. The first-order valence-electron chi connectivity index (χ1n) is 8.90. The lowest BCUT2D eigenvalue weighted by molar-refractivity contribution is -0.123. The molecule has 2 aromatic rings. The van der Waals surface area contributed by atoms with Crippen molar-refractivity contribution in [1.29, 1.82) is 0 Å². The zero-order valence-electron chi connectivity index (χ0n) is 15.0. The number of aromatic amines is 1. The second-order valence-electron chi connectivity index (χ2n) is 6.59. The third-order valence-electron chi connectivity index (χ3n) is 4.52. The monoisotopic (exact) mass is 356 g/mol. The summed E-state index contributed by atoms with van der Waals surface area (Å²) in [6, 6.07) is 11.4. The lowest BCUT2D eigenvalue weighted by Crippen LogP contribution is -2.42. The van der Waals surface area contributed by atoms with Crippen LogP contribution in [0.5, 0.6) is 5.75 Å². The van der Waals surface area contributed by atoms with Crippen LogP contribution < -0.4 is 15.4 Å². The van der Waals surface area contributed by atoms with Gasteiger partial charge in [0.15, 0.2) is 11.9 Å². The number of aromatic nitrogens is 2. The Balaban J connectivity index is 1.53. The van der Waals surface area contributed by atoms with Crippen molar-refractivity contribution in [2.24, 2.45) is 0 Å². The summed E-state index contributed by atoms with van der Waals surface area (Å²) in [5.74, 6) is 1.25. The maximum Gasteiger partial charge on any atom is 0.266 e. The molecule has 26 heavy (non-hydrogen) atoms. The average molecular weight is 356 g/mol. The molecule has 0 aliphatic heterocycles. The molecule has 7 heteroatoms. The zero-order chi connectivity index (χ0) is 18.5. The molecule has 1 saturated carbocycles. The van der Waals surface area contributed by atoms with E-state index in [1.807, 2.05) is 43.3 Å². The predicted octanol–water partition coefficient (Wildman–Crippen LogP) is 2.59. The summed E-state index contributed by atoms with van der Waals surface area (Å²) in [7, 11) is 0. The summed E-state index contributed by atoms with van der Waals surface area (Å²) in [5, 5.41) is 12.9. The van der Waals surface area contributed by atoms with E-state index in [0.29, 0.717) is 23.9 Å². The Kier molecular flexibility index (Phi) is 5.55. The third-order valence-corrected chi connectivity index (χ3v) is 4.52. The van der Waals surface area contributed by atoms with Gasteiger partial charge in [-0.2, -0.15) is 5.10 Å². The summed E-state index contributed by atoms with van der Waals surface area (Å²) in [5.41, 5.74) is 0.971. The molecule has 1 aliphatic carbocycles. The molecular formula is C19H24N4O3. The smallest absolute Gasteiger partial charge is 0.266 e. The number of rotatable bonds is 7. The molecule has 0 radical (unpaired) electrons. The number of benzene rings is 1. The number of carbonyl (C=O) groups excluding carboxylic acids is 2. The molecule has 3 rings (SSSR count). The van der Waals surface area contributed by atoms with Gasteiger partial charge in [-0.25, -0.2) is 0 Å². The van der Waals surface area contributed by atoms with Crippen molar-refractivity contribution in [1.82, 2.24) is 15.5 Å². The molecule has 1 aromatic heterocycles. The van der Waals surface area contributed by atoms with Crippen LogP contribution in [-0.2, 0) is 9.59 Å². The van der Waals surface area contributed by atoms with Gasteiger partial charge >= 0.3 is 0 Å². The SMILES string of the molecule is CCC(Oc1ccccc1)C(=O)Nc1cc(C2CC(NC(C)=O)C2)[nH]n1. The number of anilines is 1. The van der Waals surface area contributed by atoms with Gasteiger partial charge in [-0.05, 0) is 31.4 Å². The molecule has 1 aromatic carbocycles. The minimum Gasteiger partial charge on any atom is -0.481 e. The van der Waals surface area contributed by atoms with Gasteiger partial charge in [0.25, 0.3) is 5.91 Å². The predicted molar refractivity (Wildman–Crippen MR) is 97.9 cm³/mol. The van der Waals surface area contributed by atoms with Gasteiger partial charge in [-0.15, -0.1) is 0 Å². The van der Waals surface area contributed by atoms with Gasteiger partial charge in [0.2, 0.25) is 5.91 Å². The first-order valence-corrected chi connectivity index (χ1v) is 8.90. The maximum absolute atomic E-state index is 12.4. The van der Waals surface area contributed by atoms with Crippen LogP contribution in [0.15, 0.2) is 36.4 Å². The van der Waals surface area contributed by atoms with E-state index in [1.165, 1.54) is 6.92 Å². The third kappa shape index (κ3) is 4.41. The van der Waals surface area contributed by atoms with Crippen LogP contribution in [0.4, 0.5) is 5.82 Å². The number of para-hydroxylation sites is 1. The summed E-state index contributed by atoms with van der Waals surface area (Å²) in [6.07, 6.45) is 1.73. The van der Waals surface area contributed by atoms with Crippen LogP contribution in [0.3, 0.4) is 0 Å². The van der Waals surface area contributed by atoms with Gasteiger partial charge in [0, 0.05) is 30.6 Å². The average Bonchev–Trinajstić information content (AvgIpc) is 3.04. The van der Waals surface area contributed by atoms with Gasteiger partial charge in [-0.1, -0.05) is 25.1 Å². The molecule has 1 aliphatic rings. The van der Waals surface area contributed by atoms with E-state index in [2.05, 4.69) is 20.8 Å². The molecule has 7 nitrogen and oxygen atoms in total. The number of nitrogens with zero attached hydrogens (tertiary/aromatic N) is 1. The number of nitrogens with one attached hydrogen (secondary N) is 3. The number of hydrogen-bond donors (Lipinski definition) is 3. The highest BCUT2D eigenvalue weighted by atomic mass is 16.5. The van der Waals surface area contributed by atoms with Crippen molar-refractivity contribution in [3.63, 3.8) is 0 Å². The Morgan fingerprint density at radius 3 is 2.69 bits per heavy atom. The molecular weight excluding hydrogens is 332 g/mol. The summed E-state index contributed by atoms with van der Waals surface area (Å²) < 4.78 is 5.75. The van der Waals surface area contributed by atoms with Crippen molar-refractivity contribution in [2.75, 3.05) is 5.32 Å². The molecule has 1 fully saturated rings. The van der Waals surface area contributed by atoms with E-state index >= 15 is 0 Å². The van der Waals surface area contributed by atoms with E-state index in [4.69, 9.17) is 4.74 Å². The molecule has 0 saturated heterocycles. The van der Waals surface area contributed by atoms with Crippen molar-refractivity contribution >= 4 is 17.6 Å². The first-order chi connectivity index (χ1) is 12.5. The topological polar surface area (TPSA) is 96.1 Å². The Morgan fingerprint density at radius 2 is 2.04 bits per heavy atom. The summed E-state index contributed by atoms with van der Waals surface area (Å²) in [6.45, 7) is 3.43. The summed E-state index contributed by atoms with van der Waals surface area (Å²) >= 11 is 0. The first kappa shape index (κ1) is 18.0. The van der Waals surface area contributed by atoms with Gasteiger partial charge < -0.3 is 15.4 Å². The summed E-state index contributed by atoms with van der Waals surface area (Å²) in [4.78, 5) is 23.5. The van der Waals surface area contributed by atoms with E-state index in [9.17, 15) is 9.59 Å². The Labute approximate surface area is 152 Å². The normalized spacial score (nSPS) is 19.9. The maximum atomic E-state index is 12.4. The van der Waals surface area contributed by atoms with Crippen molar-refractivity contribution in [3.8, 4) is 5.75 Å². The highest BCUT2D eigenvalue weighted by Crippen LogP contribution is 2.36. The van der Waals surface area contributed by atoms with E-state index in [-0.39, 0.29) is 17.9 Å². The number of hydrogen-bond acceptors (Lipinski definition) is 4. The van der Waals surface area contributed by atoms with Crippen LogP contribution >= 0.6 is 0 Å². The minimum absolute atomic E-state index is 0.00460. The fourth-order valence-electron chi connectivity index (χ4n) is 3.08. The van der Waals surface area contributed by atoms with Crippen molar-refractivity contribution in [3.05, 3.63) is 42.1 Å². The number of ether oxygens (including phenoxy) is 1. The van der Waals surface area contributed by atoms with Crippen molar-refractivity contribution in [2.45, 2.75) is 51.2 Å². The van der Waals surface area contributed by atoms with E-state index in [0.717, 1.165) is 18.5 Å². The number of amides is 2. The highest BCUT2D eigenvalue weighted by Gasteiger charge is 2.32. The molecule has 2 amide bonds. The minimum atomic E-state index is -0.578. The van der Waals surface area contributed by atoms with Crippen molar-refractivity contribution < 1.29 is 14.3 Å². The Bertz CT molecular complexity index is 753. The second kappa shape index (κ2) is 8.03. The standard InChI is InChI=1S/C19H24N4O3/c1-3-17(26-15-7-5-4-6-8-15)19(25)21-18-11-16(22-23-18)13-9-14(10-13)20-12(2)24/h4-8,11,13-14,17H,3,9-10H2,1-2H3,(H,20,24)(H2,21,22,23,25). The molecule has 3 N–H and O–H groups in total. The largest absolute Gasteiger partial charge is 0.481 e. The Hall–Kier alpha value is -2.83.